The second kappa shape index (κ2) is 18.5. The van der Waals surface area contributed by atoms with Crippen LogP contribution in [0.25, 0.3) is 104 Å². The van der Waals surface area contributed by atoms with E-state index in [9.17, 15) is 0 Å². The van der Waals surface area contributed by atoms with Crippen LogP contribution in [-0.2, 0) is 16.2 Å². The second-order valence-corrected chi connectivity index (χ2v) is 24.7. The van der Waals surface area contributed by atoms with Crippen molar-refractivity contribution in [3.63, 3.8) is 0 Å². The lowest BCUT2D eigenvalue weighted by molar-refractivity contribution is 0.590. The number of hydrogen-bond acceptors (Lipinski definition) is 1. The van der Waals surface area contributed by atoms with Crippen molar-refractivity contribution >= 4 is 71.2 Å². The topological polar surface area (TPSA) is 8.17 Å². The van der Waals surface area contributed by atoms with Gasteiger partial charge in [0.15, 0.2) is 0 Å². The molecule has 2 nitrogen and oxygen atoms in total. The van der Waals surface area contributed by atoms with E-state index in [1.165, 1.54) is 121 Å². The molecule has 0 spiro atoms. The molecule has 0 atom stereocenters. The van der Waals surface area contributed by atoms with Crippen LogP contribution in [0.5, 0.6) is 0 Å². The van der Waals surface area contributed by atoms with Crippen LogP contribution in [0, 0.1) is 0 Å². The van der Waals surface area contributed by atoms with Gasteiger partial charge in [0.2, 0.25) is 0 Å². The van der Waals surface area contributed by atoms with Gasteiger partial charge in [0, 0.05) is 32.9 Å². The fourth-order valence-corrected chi connectivity index (χ4v) is 12.0. The van der Waals surface area contributed by atoms with Gasteiger partial charge in [-0.25, -0.2) is 0 Å². The number of fused-ring (bicyclic) bond motifs is 3. The number of anilines is 3. The van der Waals surface area contributed by atoms with Crippen molar-refractivity contribution in [1.29, 1.82) is 0 Å². The standard InChI is InChI=1S/C76H66N2/c1-74(2,3)59-33-23-50(24-34-59)57-44-58(51-25-35-60(36-26-51)75(4,5)6)48-63(47-57)77(62-37-27-52(28-38-62)56-43-55(49-17-11-10-12-18-49)45-61(46-56)76(7,8)9)70-41-31-53-30-40-67-71(42-32-54-29-39-66(70)72(53)73(54)67)78-68-21-15-13-19-64(68)65-20-14-16-22-69(65)78/h10-48H,1-9H3. The Bertz CT molecular complexity index is 4250. The summed E-state index contributed by atoms with van der Waals surface area (Å²) in [6, 6.07) is 89.3. The maximum Gasteiger partial charge on any atom is 0.0541 e. The zero-order valence-corrected chi connectivity index (χ0v) is 46.4. The smallest absolute Gasteiger partial charge is 0.0541 e. The van der Waals surface area contributed by atoms with E-state index in [1.54, 1.807) is 0 Å². The molecule has 380 valence electrons. The molecule has 2 heteroatoms. The lowest BCUT2D eigenvalue weighted by Gasteiger charge is -2.29. The van der Waals surface area contributed by atoms with E-state index in [2.05, 4.69) is 308 Å². The summed E-state index contributed by atoms with van der Waals surface area (Å²) in [4.78, 5) is 2.52. The number of benzene rings is 12. The third-order valence-corrected chi connectivity index (χ3v) is 16.4. The Morgan fingerprint density at radius 2 is 0.692 bits per heavy atom. The number of para-hydroxylation sites is 2. The summed E-state index contributed by atoms with van der Waals surface area (Å²) in [5, 5.41) is 9.97. The minimum absolute atomic E-state index is 0.0294. The molecule has 12 aromatic carbocycles. The molecule has 0 fully saturated rings. The molecule has 0 amide bonds. The average Bonchev–Trinajstić information content (AvgIpc) is 3.96. The lowest BCUT2D eigenvalue weighted by Crippen LogP contribution is -2.12. The van der Waals surface area contributed by atoms with E-state index >= 15 is 0 Å². The van der Waals surface area contributed by atoms with Gasteiger partial charge in [0.05, 0.1) is 22.4 Å². The molecule has 0 bridgehead atoms. The molecular formula is C76H66N2. The van der Waals surface area contributed by atoms with Gasteiger partial charge in [-0.1, -0.05) is 238 Å². The molecular weight excluding hydrogens is 941 g/mol. The van der Waals surface area contributed by atoms with E-state index in [0.29, 0.717) is 0 Å². The van der Waals surface area contributed by atoms with E-state index < -0.39 is 0 Å². The molecule has 78 heavy (non-hydrogen) atoms. The quantitative estimate of drug-likeness (QED) is 0.138. The number of hydrogen-bond donors (Lipinski definition) is 0. The summed E-state index contributed by atoms with van der Waals surface area (Å²) in [5.41, 5.74) is 20.5. The molecule has 0 unspecified atom stereocenters. The average molecular weight is 1010 g/mol. The van der Waals surface area contributed by atoms with Gasteiger partial charge in [-0.05, 0) is 160 Å². The van der Waals surface area contributed by atoms with Gasteiger partial charge in [0.1, 0.15) is 0 Å². The maximum atomic E-state index is 2.52. The first-order valence-electron chi connectivity index (χ1n) is 27.7. The van der Waals surface area contributed by atoms with Crippen molar-refractivity contribution in [3.8, 4) is 50.2 Å². The zero-order chi connectivity index (χ0) is 53.7. The van der Waals surface area contributed by atoms with Crippen molar-refractivity contribution in [2.45, 2.75) is 78.6 Å². The summed E-state index contributed by atoms with van der Waals surface area (Å²) >= 11 is 0. The summed E-state index contributed by atoms with van der Waals surface area (Å²) in [5.74, 6) is 0. The Morgan fingerprint density at radius 1 is 0.282 bits per heavy atom. The SMILES string of the molecule is CC(C)(C)c1ccc(-c2cc(-c3ccc(C(C)(C)C)cc3)cc(N(c3ccc(-c4cc(-c5ccccc5)cc(C(C)(C)C)c4)cc3)c3ccc4ccc5c(-n6c7ccccc7c7ccccc76)ccc6ccc3c4c65)c2)cc1. The molecule has 1 heterocycles. The molecule has 13 aromatic rings. The van der Waals surface area contributed by atoms with Gasteiger partial charge < -0.3 is 9.47 Å². The normalized spacial score (nSPS) is 12.4. The highest BCUT2D eigenvalue weighted by Crippen LogP contribution is 2.48. The summed E-state index contributed by atoms with van der Waals surface area (Å²) in [6.45, 7) is 20.7. The molecule has 13 rings (SSSR count). The highest BCUT2D eigenvalue weighted by Gasteiger charge is 2.24. The Balaban J connectivity index is 1.05. The van der Waals surface area contributed by atoms with E-state index in [1.807, 2.05) is 0 Å². The molecule has 0 aliphatic rings. The third kappa shape index (κ3) is 8.61. The van der Waals surface area contributed by atoms with Crippen LogP contribution in [0.1, 0.15) is 79.0 Å². The largest absolute Gasteiger partial charge is 0.310 e. The van der Waals surface area contributed by atoms with E-state index in [4.69, 9.17) is 0 Å². The summed E-state index contributed by atoms with van der Waals surface area (Å²) < 4.78 is 2.47. The molecule has 0 radical (unpaired) electrons. The number of nitrogens with zero attached hydrogens (tertiary/aromatic N) is 2. The van der Waals surface area contributed by atoms with Crippen molar-refractivity contribution in [2.24, 2.45) is 0 Å². The summed E-state index contributed by atoms with van der Waals surface area (Å²) in [6.07, 6.45) is 0. The molecule has 0 saturated heterocycles. The van der Waals surface area contributed by atoms with Crippen molar-refractivity contribution in [2.75, 3.05) is 4.90 Å². The summed E-state index contributed by atoms with van der Waals surface area (Å²) in [7, 11) is 0. The van der Waals surface area contributed by atoms with Gasteiger partial charge in [0.25, 0.3) is 0 Å². The molecule has 1 aromatic heterocycles. The van der Waals surface area contributed by atoms with E-state index in [-0.39, 0.29) is 16.2 Å². The van der Waals surface area contributed by atoms with Crippen LogP contribution in [-0.4, -0.2) is 4.57 Å². The van der Waals surface area contributed by atoms with Crippen molar-refractivity contribution in [3.05, 3.63) is 253 Å². The molecule has 0 N–H and O–H groups in total. The van der Waals surface area contributed by atoms with Crippen LogP contribution >= 0.6 is 0 Å². The van der Waals surface area contributed by atoms with Gasteiger partial charge in [-0.2, -0.15) is 0 Å². The first kappa shape index (κ1) is 48.9. The van der Waals surface area contributed by atoms with Gasteiger partial charge in [-0.15, -0.1) is 0 Å². The fourth-order valence-electron chi connectivity index (χ4n) is 12.0. The van der Waals surface area contributed by atoms with Crippen LogP contribution in [0.15, 0.2) is 237 Å². The first-order valence-corrected chi connectivity index (χ1v) is 27.7. The Hall–Kier alpha value is -8.72. The fraction of sp³-hybridized carbons (Fsp3) is 0.158. The van der Waals surface area contributed by atoms with Crippen molar-refractivity contribution < 1.29 is 0 Å². The second-order valence-electron chi connectivity index (χ2n) is 24.7. The van der Waals surface area contributed by atoms with Gasteiger partial charge in [-0.3, -0.25) is 0 Å². The zero-order valence-electron chi connectivity index (χ0n) is 46.4. The predicted octanol–water partition coefficient (Wildman–Crippen LogP) is 21.7. The molecule has 0 aliphatic carbocycles. The van der Waals surface area contributed by atoms with Crippen molar-refractivity contribution in [1.82, 2.24) is 4.57 Å². The first-order chi connectivity index (χ1) is 37.5. The minimum Gasteiger partial charge on any atom is -0.310 e. The minimum atomic E-state index is -0.0294. The molecule has 0 aliphatic heterocycles. The van der Waals surface area contributed by atoms with Crippen LogP contribution in [0.2, 0.25) is 0 Å². The number of aromatic nitrogens is 1. The van der Waals surface area contributed by atoms with Crippen LogP contribution in [0.3, 0.4) is 0 Å². The Labute approximate surface area is 460 Å². The third-order valence-electron chi connectivity index (χ3n) is 16.4. The van der Waals surface area contributed by atoms with Gasteiger partial charge >= 0.3 is 0 Å². The van der Waals surface area contributed by atoms with E-state index in [0.717, 1.165) is 17.1 Å². The maximum absolute atomic E-state index is 2.52. The lowest BCUT2D eigenvalue weighted by atomic mass is 9.83. The highest BCUT2D eigenvalue weighted by molar-refractivity contribution is 6.27. The Kier molecular flexibility index (Phi) is 11.6. The Morgan fingerprint density at radius 3 is 1.21 bits per heavy atom. The number of rotatable bonds is 8. The van der Waals surface area contributed by atoms with Crippen LogP contribution in [0.4, 0.5) is 17.1 Å². The monoisotopic (exact) mass is 1010 g/mol. The van der Waals surface area contributed by atoms with Crippen LogP contribution < -0.4 is 4.90 Å². The highest BCUT2D eigenvalue weighted by atomic mass is 15.1. The predicted molar refractivity (Wildman–Crippen MR) is 337 cm³/mol. The molecule has 0 saturated carbocycles.